The van der Waals surface area contributed by atoms with Gasteiger partial charge >= 0.3 is 0 Å². The predicted molar refractivity (Wildman–Crippen MR) is 475 cm³/mol. The van der Waals surface area contributed by atoms with Crippen LogP contribution in [0.5, 0.6) is 0 Å². The van der Waals surface area contributed by atoms with E-state index in [0.717, 1.165) is 53.3 Å². The molecule has 0 N–H and O–H groups in total. The second kappa shape index (κ2) is 39.7. The van der Waals surface area contributed by atoms with Gasteiger partial charge in [-0.1, -0.05) is 174 Å². The molecule has 125 heavy (non-hydrogen) atoms. The maximum atomic E-state index is 14.7. The van der Waals surface area contributed by atoms with Crippen molar-refractivity contribution in [3.05, 3.63) is 366 Å². The fourth-order valence-electron chi connectivity index (χ4n) is 14.1. The van der Waals surface area contributed by atoms with Gasteiger partial charge in [-0.15, -0.1) is 0 Å². The molecular formula is C91H71Br3ClF5N8O13S4. The van der Waals surface area contributed by atoms with E-state index in [1.807, 2.05) is 89.5 Å². The van der Waals surface area contributed by atoms with Crippen molar-refractivity contribution in [1.82, 2.24) is 38.6 Å². The Hall–Kier alpha value is -11.6. The van der Waals surface area contributed by atoms with Crippen molar-refractivity contribution in [1.29, 1.82) is 0 Å². The Balaban J connectivity index is 0.000000143. The Bertz CT molecular complexity index is 7050. The molecule has 7 heterocycles. The SMILES string of the molecule is Cc1cc(CC(=O)CS(=O)(=O)c2cn(Cc3cccc(Cl)c3)c3ccccc23)no1.O=C(Cc1ccccc1)CS(=O)(=O)c1cn(Cc2cc(Br)ccc2F)c2ccccc12.O=C(Cc1ccccn1)CS(=O)(=O)c1cn(Cc2cccc(Br)c2)c2cc(F)cc(F)c12.O=C(Cc1cccnn1)CS(=O)(=O)c1cn(Cc2cccc(Br)c2)c2cc(F)cc(F)c12. The summed E-state index contributed by atoms with van der Waals surface area (Å²) in [4.78, 5) is 53.3. The van der Waals surface area contributed by atoms with Crippen molar-refractivity contribution in [3.8, 4) is 0 Å². The Morgan fingerprint density at radius 3 is 1.28 bits per heavy atom. The summed E-state index contributed by atoms with van der Waals surface area (Å²) in [6, 6.07) is 63.2. The molecule has 0 atom stereocenters. The van der Waals surface area contributed by atoms with Crippen LogP contribution in [-0.2, 0) is 110 Å². The van der Waals surface area contributed by atoms with Crippen molar-refractivity contribution in [2.75, 3.05) is 23.0 Å². The number of fused-ring (bicyclic) bond motifs is 4. The number of carbonyl (C=O) groups excluding carboxylic acids is 4. The maximum Gasteiger partial charge on any atom is 0.187 e. The fourth-order valence-corrected chi connectivity index (χ4v) is 21.5. The van der Waals surface area contributed by atoms with Crippen LogP contribution in [0.15, 0.2) is 305 Å². The fraction of sp³-hybridized carbons (Fsp3) is 0.143. The molecule has 0 fully saturated rings. The van der Waals surface area contributed by atoms with E-state index in [2.05, 4.69) is 68.1 Å². The largest absolute Gasteiger partial charge is 0.361 e. The number of nitrogens with zero attached hydrogens (tertiary/aromatic N) is 8. The highest BCUT2D eigenvalue weighted by atomic mass is 79.9. The van der Waals surface area contributed by atoms with E-state index in [1.165, 1.54) is 46.2 Å². The molecule has 0 unspecified atom stereocenters. The molecule has 21 nitrogen and oxygen atoms in total. The van der Waals surface area contributed by atoms with Crippen molar-refractivity contribution in [2.24, 2.45) is 0 Å². The number of pyridine rings is 1. The number of rotatable bonds is 28. The lowest BCUT2D eigenvalue weighted by Gasteiger charge is -2.07. The van der Waals surface area contributed by atoms with Gasteiger partial charge in [-0.25, -0.2) is 55.6 Å². The lowest BCUT2D eigenvalue weighted by Crippen LogP contribution is -2.18. The first-order chi connectivity index (χ1) is 59.6. The zero-order valence-electron chi connectivity index (χ0n) is 65.8. The number of hydrogen-bond donors (Lipinski definition) is 0. The van der Waals surface area contributed by atoms with Crippen LogP contribution in [0.4, 0.5) is 22.0 Å². The molecule has 0 saturated heterocycles. The quantitative estimate of drug-likeness (QED) is 0.0412. The number of sulfone groups is 4. The van der Waals surface area contributed by atoms with E-state index in [1.54, 1.807) is 133 Å². The van der Waals surface area contributed by atoms with Gasteiger partial charge in [0.1, 0.15) is 57.9 Å². The van der Waals surface area contributed by atoms with Gasteiger partial charge in [0.25, 0.3) is 0 Å². The minimum Gasteiger partial charge on any atom is -0.361 e. The highest BCUT2D eigenvalue weighted by molar-refractivity contribution is 9.11. The summed E-state index contributed by atoms with van der Waals surface area (Å²) in [6.07, 6.45) is 8.14. The molecule has 16 aromatic rings. The average molecular weight is 1980 g/mol. The molecule has 0 aliphatic heterocycles. The van der Waals surface area contributed by atoms with Crippen LogP contribution in [0.1, 0.15) is 50.7 Å². The van der Waals surface area contributed by atoms with E-state index in [0.29, 0.717) is 68.4 Å². The molecule has 0 bridgehead atoms. The monoisotopic (exact) mass is 1980 g/mol. The average Bonchev–Trinajstić information content (AvgIpc) is 1.62. The number of halogens is 9. The van der Waals surface area contributed by atoms with Gasteiger partial charge in [-0.2, -0.15) is 10.2 Å². The minimum absolute atomic E-state index is 0.0575. The molecule has 0 amide bonds. The Morgan fingerprint density at radius 2 is 0.800 bits per heavy atom. The zero-order valence-corrected chi connectivity index (χ0v) is 74.6. The number of aromatic nitrogens is 8. The summed E-state index contributed by atoms with van der Waals surface area (Å²) in [6.45, 7) is 2.71. The van der Waals surface area contributed by atoms with Gasteiger partial charge in [-0.3, -0.25) is 24.2 Å². The molecular weight excluding hydrogens is 1910 g/mol. The molecule has 34 heteroatoms. The van der Waals surface area contributed by atoms with E-state index in [-0.39, 0.29) is 98.3 Å². The molecule has 0 spiro atoms. The summed E-state index contributed by atoms with van der Waals surface area (Å²) in [5, 5.41) is 12.4. The topological polar surface area (TPSA) is 289 Å². The number of ketones is 4. The first-order valence-corrected chi connectivity index (χ1v) is 47.4. The minimum atomic E-state index is -4.21. The van der Waals surface area contributed by atoms with Crippen LogP contribution in [0.25, 0.3) is 43.6 Å². The smallest absolute Gasteiger partial charge is 0.187 e. The number of para-hydroxylation sites is 2. The van der Waals surface area contributed by atoms with Crippen molar-refractivity contribution in [2.45, 2.75) is 78.4 Å². The third kappa shape index (κ3) is 23.3. The number of hydrogen-bond acceptors (Lipinski definition) is 17. The Kier molecular flexibility index (Phi) is 29.0. The van der Waals surface area contributed by atoms with E-state index in [9.17, 15) is 74.8 Å². The highest BCUT2D eigenvalue weighted by Gasteiger charge is 2.32. The van der Waals surface area contributed by atoms with Crippen molar-refractivity contribution in [3.63, 3.8) is 0 Å². The van der Waals surface area contributed by atoms with Gasteiger partial charge in [0.05, 0.1) is 72.2 Å². The molecule has 640 valence electrons. The Labute approximate surface area is 744 Å². The molecule has 9 aromatic carbocycles. The van der Waals surface area contributed by atoms with E-state index >= 15 is 0 Å². The lowest BCUT2D eigenvalue weighted by molar-refractivity contribution is -0.117. The van der Waals surface area contributed by atoms with Crippen LogP contribution < -0.4 is 0 Å². The highest BCUT2D eigenvalue weighted by Crippen LogP contribution is 2.36. The first-order valence-electron chi connectivity index (χ1n) is 38.0. The number of carbonyl (C=O) groups is 4. The molecule has 0 radical (unpaired) electrons. The summed E-state index contributed by atoms with van der Waals surface area (Å²) < 4.78 is 190. The summed E-state index contributed by atoms with van der Waals surface area (Å²) in [5.41, 5.74) is 6.57. The Morgan fingerprint density at radius 1 is 0.376 bits per heavy atom. The van der Waals surface area contributed by atoms with E-state index in [4.69, 9.17) is 16.1 Å². The number of aryl methyl sites for hydroxylation is 1. The number of benzene rings is 9. The van der Waals surface area contributed by atoms with Crippen molar-refractivity contribution >= 4 is 165 Å². The second-order valence-electron chi connectivity index (χ2n) is 29.1. The second-order valence-corrected chi connectivity index (χ2v) is 40.1. The van der Waals surface area contributed by atoms with Gasteiger partial charge in [-0.05, 0) is 132 Å². The standard InChI is InChI=1S/C24H19BrFNO3S.C23H17BrF2N2O3S.C22H16BrF2N3O3S.C22H19ClN2O4S/c25-19-10-11-22(26)18(13-19)14-27-15-24(21-8-4-5-9-23(21)27)31(29,30)16-20(28)12-17-6-2-1-3-7-17;24-16-5-3-4-15(8-16)12-28-13-22(23-20(26)9-17(25)10-21(23)28)32(30,31)14-19(29)11-18-6-1-2-7-27-18;23-15-4-1-3-14(7-15)11-28-12-21(22-19(25)8-16(24)9-20(22)28)32(30,31)13-18(29)10-17-5-2-6-26-27-17;1-15-9-18(24-29-15)11-19(26)14-30(27,28)22-13-25(21-8-3-2-7-20(21)22)12-16-5-4-6-17(23)10-16/h1-11,13,15H,12,14,16H2;1-10,13H,11-12,14H2;1-9,12H,10-11,13H2;2-10,13H,11-12,14H2,1H3. The summed E-state index contributed by atoms with van der Waals surface area (Å²) in [7, 11) is -16.1. The molecule has 0 saturated carbocycles. The molecule has 0 aliphatic rings. The lowest BCUT2D eigenvalue weighted by atomic mass is 10.1. The summed E-state index contributed by atoms with van der Waals surface area (Å²) >= 11 is 16.2. The zero-order chi connectivity index (χ0) is 89.1. The summed E-state index contributed by atoms with van der Waals surface area (Å²) in [5.74, 6) is -8.26. The van der Waals surface area contributed by atoms with Crippen LogP contribution in [0.3, 0.4) is 0 Å². The van der Waals surface area contributed by atoms with Gasteiger partial charge < -0.3 is 22.8 Å². The molecule has 0 aliphatic carbocycles. The molecule has 7 aromatic heterocycles. The van der Waals surface area contributed by atoms with Crippen LogP contribution in [0.2, 0.25) is 5.02 Å². The predicted octanol–water partition coefficient (Wildman–Crippen LogP) is 18.2. The third-order valence-electron chi connectivity index (χ3n) is 19.5. The van der Waals surface area contributed by atoms with Gasteiger partial charge in [0.15, 0.2) is 62.5 Å². The maximum absolute atomic E-state index is 14.7. The molecule has 16 rings (SSSR count). The van der Waals surface area contributed by atoms with Gasteiger partial charge in [0, 0.05) is 139 Å². The van der Waals surface area contributed by atoms with Crippen LogP contribution in [-0.4, -0.2) is 118 Å². The van der Waals surface area contributed by atoms with Crippen molar-refractivity contribution < 1.29 is 79.3 Å². The van der Waals surface area contributed by atoms with Crippen LogP contribution >= 0.6 is 59.4 Å². The van der Waals surface area contributed by atoms with E-state index < -0.39 is 103 Å². The third-order valence-corrected chi connectivity index (χ3v) is 27.9. The first kappa shape index (κ1) is 91.1. The normalized spacial score (nSPS) is 11.7. The van der Waals surface area contributed by atoms with Gasteiger partial charge in [0.2, 0.25) is 0 Å². The number of Topliss-reactive ketones (excluding diaryl/α,β-unsaturated/α-hetero) is 4. The van der Waals surface area contributed by atoms with Crippen LogP contribution in [0, 0.1) is 36.0 Å².